The molecule has 1 aliphatic heterocycles. The molecular formula is C11H13NO7S. The molecule has 0 spiro atoms. The van der Waals surface area contributed by atoms with Crippen LogP contribution in [0.15, 0.2) is 23.1 Å². The van der Waals surface area contributed by atoms with Crippen LogP contribution in [0.1, 0.15) is 0 Å². The Kier molecular flexibility index (Phi) is 4.12. The van der Waals surface area contributed by atoms with E-state index < -0.39 is 28.6 Å². The molecule has 1 aromatic rings. The number of hydrogen-bond acceptors (Lipinski definition) is 6. The predicted octanol–water partition coefficient (Wildman–Crippen LogP) is -0.818. The van der Waals surface area contributed by atoms with Crippen LogP contribution < -0.4 is 14.2 Å². The first-order valence-corrected chi connectivity index (χ1v) is 7.18. The van der Waals surface area contributed by atoms with Gasteiger partial charge in [-0.1, -0.05) is 0 Å². The van der Waals surface area contributed by atoms with E-state index in [1.807, 2.05) is 4.72 Å². The summed E-state index contributed by atoms with van der Waals surface area (Å²) in [6.07, 6.45) is 0. The molecule has 1 aromatic carbocycles. The third-order valence-corrected chi connectivity index (χ3v) is 4.07. The van der Waals surface area contributed by atoms with Crippen molar-refractivity contribution in [2.24, 2.45) is 0 Å². The largest absolute Gasteiger partial charge is 0.486 e. The van der Waals surface area contributed by atoms with Crippen LogP contribution in [0.3, 0.4) is 0 Å². The Hall–Kier alpha value is -1.84. The van der Waals surface area contributed by atoms with Gasteiger partial charge in [-0.3, -0.25) is 4.79 Å². The monoisotopic (exact) mass is 303 g/mol. The number of fused-ring (bicyclic) bond motifs is 1. The molecule has 3 N–H and O–H groups in total. The topological polar surface area (TPSA) is 122 Å². The van der Waals surface area contributed by atoms with Gasteiger partial charge in [-0.25, -0.2) is 8.42 Å². The minimum Gasteiger partial charge on any atom is -0.486 e. The summed E-state index contributed by atoms with van der Waals surface area (Å²) in [7, 11) is -4.08. The molecular weight excluding hydrogens is 290 g/mol. The van der Waals surface area contributed by atoms with Gasteiger partial charge in [0.25, 0.3) is 0 Å². The second-order valence-corrected chi connectivity index (χ2v) is 5.71. The molecule has 0 saturated carbocycles. The summed E-state index contributed by atoms with van der Waals surface area (Å²) in [5.74, 6) is -0.768. The molecule has 20 heavy (non-hydrogen) atoms. The van der Waals surface area contributed by atoms with Gasteiger partial charge in [0.1, 0.15) is 19.3 Å². The first-order chi connectivity index (χ1) is 9.44. The van der Waals surface area contributed by atoms with Gasteiger partial charge in [0, 0.05) is 6.07 Å². The van der Waals surface area contributed by atoms with Gasteiger partial charge in [0.15, 0.2) is 11.5 Å². The van der Waals surface area contributed by atoms with E-state index in [9.17, 15) is 13.2 Å². The van der Waals surface area contributed by atoms with E-state index in [4.69, 9.17) is 19.7 Å². The van der Waals surface area contributed by atoms with Crippen molar-refractivity contribution in [3.8, 4) is 11.5 Å². The molecule has 9 heteroatoms. The zero-order valence-electron chi connectivity index (χ0n) is 10.3. The molecule has 1 atom stereocenters. The Morgan fingerprint density at radius 2 is 1.95 bits per heavy atom. The van der Waals surface area contributed by atoms with Crippen molar-refractivity contribution in [3.05, 3.63) is 18.2 Å². The zero-order chi connectivity index (χ0) is 14.8. The number of hydrogen-bond donors (Lipinski definition) is 3. The second-order valence-electron chi connectivity index (χ2n) is 4.00. The van der Waals surface area contributed by atoms with Gasteiger partial charge < -0.3 is 19.7 Å². The van der Waals surface area contributed by atoms with E-state index in [-0.39, 0.29) is 10.6 Å². The Balaban J connectivity index is 2.27. The van der Waals surface area contributed by atoms with E-state index in [1.165, 1.54) is 18.2 Å². The van der Waals surface area contributed by atoms with Gasteiger partial charge in [0.2, 0.25) is 10.0 Å². The number of nitrogens with one attached hydrogen (secondary N) is 1. The Morgan fingerprint density at radius 3 is 2.55 bits per heavy atom. The van der Waals surface area contributed by atoms with Crippen molar-refractivity contribution >= 4 is 16.0 Å². The third kappa shape index (κ3) is 3.00. The molecule has 0 unspecified atom stereocenters. The van der Waals surface area contributed by atoms with Crippen molar-refractivity contribution in [1.82, 2.24) is 4.72 Å². The number of benzene rings is 1. The molecule has 0 amide bonds. The molecule has 2 rings (SSSR count). The van der Waals surface area contributed by atoms with Crippen molar-refractivity contribution in [2.75, 3.05) is 19.8 Å². The first kappa shape index (κ1) is 14.6. The van der Waals surface area contributed by atoms with Gasteiger partial charge >= 0.3 is 5.97 Å². The maximum atomic E-state index is 12.0. The van der Waals surface area contributed by atoms with E-state index >= 15 is 0 Å². The number of aliphatic hydroxyl groups is 1. The van der Waals surface area contributed by atoms with Gasteiger partial charge in [-0.15, -0.1) is 0 Å². The summed E-state index contributed by atoms with van der Waals surface area (Å²) >= 11 is 0. The number of ether oxygens (including phenoxy) is 2. The molecule has 0 aromatic heterocycles. The molecule has 1 heterocycles. The first-order valence-electron chi connectivity index (χ1n) is 5.69. The number of aliphatic hydroxyl groups excluding tert-OH is 1. The molecule has 0 saturated heterocycles. The summed E-state index contributed by atoms with van der Waals surface area (Å²) in [6, 6.07) is 2.34. The maximum absolute atomic E-state index is 12.0. The smallest absolute Gasteiger partial charge is 0.324 e. The third-order valence-electron chi connectivity index (χ3n) is 2.60. The van der Waals surface area contributed by atoms with E-state index in [0.29, 0.717) is 19.0 Å². The fourth-order valence-electron chi connectivity index (χ4n) is 1.61. The Morgan fingerprint density at radius 1 is 1.30 bits per heavy atom. The lowest BCUT2D eigenvalue weighted by molar-refractivity contribution is -0.139. The quantitative estimate of drug-likeness (QED) is 0.649. The lowest BCUT2D eigenvalue weighted by atomic mass is 10.3. The van der Waals surface area contributed by atoms with E-state index in [2.05, 4.69) is 0 Å². The highest BCUT2D eigenvalue weighted by atomic mass is 32.2. The van der Waals surface area contributed by atoms with Crippen molar-refractivity contribution < 1.29 is 32.9 Å². The summed E-state index contributed by atoms with van der Waals surface area (Å²) in [6.45, 7) is -0.166. The Bertz CT molecular complexity index is 613. The summed E-state index contributed by atoms with van der Waals surface area (Å²) in [5.41, 5.74) is 0. The van der Waals surface area contributed by atoms with Crippen LogP contribution in [0.4, 0.5) is 0 Å². The van der Waals surface area contributed by atoms with Gasteiger partial charge in [-0.05, 0) is 12.1 Å². The number of carbonyl (C=O) groups is 1. The summed E-state index contributed by atoms with van der Waals surface area (Å²) in [4.78, 5) is 10.6. The lowest BCUT2D eigenvalue weighted by Crippen LogP contribution is -2.43. The van der Waals surface area contributed by atoms with Gasteiger partial charge in [-0.2, -0.15) is 4.72 Å². The van der Waals surface area contributed by atoms with E-state index in [1.54, 1.807) is 0 Å². The highest BCUT2D eigenvalue weighted by Crippen LogP contribution is 2.32. The molecule has 0 aliphatic carbocycles. The predicted molar refractivity (Wildman–Crippen MR) is 66.3 cm³/mol. The van der Waals surface area contributed by atoms with E-state index in [0.717, 1.165) is 0 Å². The van der Waals surface area contributed by atoms with Crippen LogP contribution in [-0.4, -0.2) is 50.5 Å². The zero-order valence-corrected chi connectivity index (χ0v) is 11.1. The minimum atomic E-state index is -4.08. The minimum absolute atomic E-state index is 0.165. The average molecular weight is 303 g/mol. The summed E-state index contributed by atoms with van der Waals surface area (Å²) in [5, 5.41) is 17.6. The fraction of sp³-hybridized carbons (Fsp3) is 0.364. The average Bonchev–Trinajstić information content (AvgIpc) is 2.44. The normalized spacial score (nSPS) is 15.7. The second kappa shape index (κ2) is 5.65. The SMILES string of the molecule is O=C(O)[C@H](CO)NS(=O)(=O)c1ccc2c(c1)OCCO2. The fourth-order valence-corrected chi connectivity index (χ4v) is 2.81. The number of rotatable bonds is 5. The number of carboxylic acids is 1. The standard InChI is InChI=1S/C11H13NO7S/c13-6-8(11(14)15)12-20(16,17)7-1-2-9-10(5-7)19-4-3-18-9/h1-2,5,8,12-13H,3-4,6H2,(H,14,15)/t8-/m0/s1. The van der Waals surface area contributed by atoms with Gasteiger partial charge in [0.05, 0.1) is 11.5 Å². The molecule has 0 bridgehead atoms. The maximum Gasteiger partial charge on any atom is 0.324 e. The lowest BCUT2D eigenvalue weighted by Gasteiger charge is -2.19. The number of carboxylic acid groups (broad SMARTS) is 1. The van der Waals surface area contributed by atoms with Crippen LogP contribution >= 0.6 is 0 Å². The van der Waals surface area contributed by atoms with Crippen LogP contribution in [0.5, 0.6) is 11.5 Å². The molecule has 110 valence electrons. The van der Waals surface area contributed by atoms with Crippen LogP contribution in [0, 0.1) is 0 Å². The molecule has 0 fully saturated rings. The van der Waals surface area contributed by atoms with Crippen molar-refractivity contribution in [1.29, 1.82) is 0 Å². The number of sulfonamides is 1. The highest BCUT2D eigenvalue weighted by molar-refractivity contribution is 7.89. The van der Waals surface area contributed by atoms with Crippen molar-refractivity contribution in [3.63, 3.8) is 0 Å². The highest BCUT2D eigenvalue weighted by Gasteiger charge is 2.26. The summed E-state index contributed by atoms with van der Waals surface area (Å²) < 4.78 is 36.4. The van der Waals surface area contributed by atoms with Crippen LogP contribution in [0.2, 0.25) is 0 Å². The number of aliphatic carboxylic acids is 1. The molecule has 8 nitrogen and oxygen atoms in total. The van der Waals surface area contributed by atoms with Crippen LogP contribution in [-0.2, 0) is 14.8 Å². The van der Waals surface area contributed by atoms with Crippen molar-refractivity contribution in [2.45, 2.75) is 10.9 Å². The van der Waals surface area contributed by atoms with Crippen LogP contribution in [0.25, 0.3) is 0 Å². The Labute approximate surface area is 115 Å². The molecule has 0 radical (unpaired) electrons. The molecule has 1 aliphatic rings.